The molecule has 82 valence electrons. The van der Waals surface area contributed by atoms with Crippen molar-refractivity contribution in [1.82, 2.24) is 5.06 Å². The lowest BCUT2D eigenvalue weighted by Gasteiger charge is -2.14. The van der Waals surface area contributed by atoms with Crippen LogP contribution in [0.25, 0.3) is 0 Å². The summed E-state index contributed by atoms with van der Waals surface area (Å²) in [5.74, 6) is -0.533. The fraction of sp³-hybridized carbons (Fsp3) is 0.222. The van der Waals surface area contributed by atoms with Gasteiger partial charge in [-0.2, -0.15) is 0 Å². The van der Waals surface area contributed by atoms with E-state index in [0.717, 1.165) is 5.06 Å². The number of carbonyl (C=O) groups excluding carboxylic acids is 1. The Balaban J connectivity index is 2.73. The van der Waals surface area contributed by atoms with Crippen molar-refractivity contribution in [2.75, 3.05) is 19.5 Å². The molecule has 0 saturated carbocycles. The van der Waals surface area contributed by atoms with E-state index in [4.69, 9.17) is 11.6 Å². The number of halogens is 2. The normalized spacial score (nSPS) is 9.87. The molecule has 0 bridgehead atoms. The number of rotatable bonds is 2. The van der Waals surface area contributed by atoms with Crippen LogP contribution in [-0.2, 0) is 4.84 Å². The summed E-state index contributed by atoms with van der Waals surface area (Å²) in [6.45, 7) is 0. The van der Waals surface area contributed by atoms with Gasteiger partial charge in [-0.05, 0) is 18.2 Å². The predicted octanol–water partition coefficient (Wildman–Crippen LogP) is 2.50. The smallest absolute Gasteiger partial charge is 0.306 e. The summed E-state index contributed by atoms with van der Waals surface area (Å²) in [5.41, 5.74) is 0.398. The highest BCUT2D eigenvalue weighted by atomic mass is 35.5. The van der Waals surface area contributed by atoms with Crippen molar-refractivity contribution in [2.45, 2.75) is 0 Å². The van der Waals surface area contributed by atoms with E-state index in [-0.39, 0.29) is 5.02 Å². The monoisotopic (exact) mass is 232 g/mol. The van der Waals surface area contributed by atoms with Crippen molar-refractivity contribution in [2.24, 2.45) is 0 Å². The summed E-state index contributed by atoms with van der Waals surface area (Å²) >= 11 is 5.54. The van der Waals surface area contributed by atoms with E-state index < -0.39 is 11.8 Å². The van der Waals surface area contributed by atoms with Crippen molar-refractivity contribution in [3.05, 3.63) is 29.0 Å². The zero-order valence-corrected chi connectivity index (χ0v) is 9.01. The van der Waals surface area contributed by atoms with E-state index in [1.807, 2.05) is 0 Å². The van der Waals surface area contributed by atoms with Gasteiger partial charge in [-0.1, -0.05) is 11.6 Å². The minimum atomic E-state index is -0.533. The number of nitrogens with one attached hydrogen (secondary N) is 1. The molecule has 0 aliphatic heterocycles. The van der Waals surface area contributed by atoms with Crippen LogP contribution in [0.1, 0.15) is 0 Å². The van der Waals surface area contributed by atoms with Crippen LogP contribution in [-0.4, -0.2) is 25.3 Å². The summed E-state index contributed by atoms with van der Waals surface area (Å²) in [5, 5.41) is 3.42. The van der Waals surface area contributed by atoms with Crippen LogP contribution in [0.4, 0.5) is 14.9 Å². The lowest BCUT2D eigenvalue weighted by atomic mass is 10.3. The Morgan fingerprint density at radius 1 is 1.60 bits per heavy atom. The summed E-state index contributed by atoms with van der Waals surface area (Å²) in [6.07, 6.45) is 0. The molecule has 4 nitrogen and oxygen atoms in total. The molecule has 0 aliphatic rings. The van der Waals surface area contributed by atoms with Crippen LogP contribution >= 0.6 is 11.6 Å². The Bertz CT molecular complexity index is 373. The van der Waals surface area contributed by atoms with Gasteiger partial charge in [0.25, 0.3) is 0 Å². The van der Waals surface area contributed by atoms with E-state index in [0.29, 0.717) is 5.69 Å². The Kier molecular flexibility index (Phi) is 3.88. The van der Waals surface area contributed by atoms with E-state index in [1.54, 1.807) is 0 Å². The molecule has 1 aromatic carbocycles. The highest BCUT2D eigenvalue weighted by Crippen LogP contribution is 2.19. The molecule has 1 aromatic rings. The maximum absolute atomic E-state index is 12.8. The quantitative estimate of drug-likeness (QED) is 0.796. The van der Waals surface area contributed by atoms with Gasteiger partial charge in [0.05, 0.1) is 12.1 Å². The molecule has 1 N–H and O–H groups in total. The molecular formula is C9H10ClFN2O2. The molecule has 2 amide bonds. The molecule has 0 aliphatic carbocycles. The van der Waals surface area contributed by atoms with Crippen molar-refractivity contribution in [3.63, 3.8) is 0 Å². The molecule has 15 heavy (non-hydrogen) atoms. The minimum Gasteiger partial charge on any atom is -0.306 e. The van der Waals surface area contributed by atoms with Gasteiger partial charge in [0.1, 0.15) is 5.82 Å². The topological polar surface area (TPSA) is 41.6 Å². The average Bonchev–Trinajstić information content (AvgIpc) is 2.22. The molecule has 0 unspecified atom stereocenters. The molecule has 0 saturated heterocycles. The second-order valence-electron chi connectivity index (χ2n) is 2.74. The standard InChI is InChI=1S/C9H10ClFN2O2/c1-13(15-2)9(14)12-6-3-4-8(11)7(10)5-6/h3-5H,1-2H3,(H,12,14). The third kappa shape index (κ3) is 3.07. The second kappa shape index (κ2) is 4.95. The third-order valence-corrected chi connectivity index (χ3v) is 2.02. The Morgan fingerprint density at radius 3 is 2.80 bits per heavy atom. The largest absolute Gasteiger partial charge is 0.345 e. The van der Waals surface area contributed by atoms with Gasteiger partial charge in [-0.3, -0.25) is 4.84 Å². The van der Waals surface area contributed by atoms with Crippen LogP contribution in [0, 0.1) is 5.82 Å². The lowest BCUT2D eigenvalue weighted by Crippen LogP contribution is -2.30. The molecule has 0 spiro atoms. The molecule has 0 aromatic heterocycles. The van der Waals surface area contributed by atoms with Crippen LogP contribution in [0.5, 0.6) is 0 Å². The average molecular weight is 233 g/mol. The van der Waals surface area contributed by atoms with E-state index in [9.17, 15) is 9.18 Å². The third-order valence-electron chi connectivity index (χ3n) is 1.73. The van der Waals surface area contributed by atoms with Gasteiger partial charge in [0.15, 0.2) is 0 Å². The first-order valence-corrected chi connectivity index (χ1v) is 4.46. The maximum atomic E-state index is 12.8. The summed E-state index contributed by atoms with van der Waals surface area (Å²) in [4.78, 5) is 15.9. The van der Waals surface area contributed by atoms with Gasteiger partial charge in [0.2, 0.25) is 0 Å². The molecular weight excluding hydrogens is 223 g/mol. The van der Waals surface area contributed by atoms with Crippen molar-refractivity contribution in [3.8, 4) is 0 Å². The van der Waals surface area contributed by atoms with Gasteiger partial charge in [-0.25, -0.2) is 14.2 Å². The number of hydrogen-bond donors (Lipinski definition) is 1. The van der Waals surface area contributed by atoms with Gasteiger partial charge in [0, 0.05) is 12.7 Å². The zero-order valence-electron chi connectivity index (χ0n) is 8.25. The van der Waals surface area contributed by atoms with Crippen LogP contribution in [0.15, 0.2) is 18.2 Å². The predicted molar refractivity (Wildman–Crippen MR) is 55.2 cm³/mol. The SMILES string of the molecule is CON(C)C(=O)Nc1ccc(F)c(Cl)c1. The zero-order chi connectivity index (χ0) is 11.4. The highest BCUT2D eigenvalue weighted by molar-refractivity contribution is 6.31. The number of urea groups is 1. The number of hydrogen-bond acceptors (Lipinski definition) is 2. The maximum Gasteiger partial charge on any atom is 0.345 e. The highest BCUT2D eigenvalue weighted by Gasteiger charge is 2.08. The van der Waals surface area contributed by atoms with E-state index in [1.165, 1.54) is 32.4 Å². The van der Waals surface area contributed by atoms with E-state index >= 15 is 0 Å². The van der Waals surface area contributed by atoms with Crippen LogP contribution in [0.3, 0.4) is 0 Å². The van der Waals surface area contributed by atoms with Crippen LogP contribution < -0.4 is 5.32 Å². The van der Waals surface area contributed by atoms with Gasteiger partial charge < -0.3 is 5.32 Å². The second-order valence-corrected chi connectivity index (χ2v) is 3.15. The van der Waals surface area contributed by atoms with Crippen LogP contribution in [0.2, 0.25) is 5.02 Å². The number of benzene rings is 1. The van der Waals surface area contributed by atoms with Gasteiger partial charge in [-0.15, -0.1) is 0 Å². The van der Waals surface area contributed by atoms with Crippen molar-refractivity contribution >= 4 is 23.3 Å². The first-order chi connectivity index (χ1) is 7.04. The molecule has 0 atom stereocenters. The van der Waals surface area contributed by atoms with Gasteiger partial charge >= 0.3 is 6.03 Å². The number of nitrogens with zero attached hydrogens (tertiary/aromatic N) is 1. The van der Waals surface area contributed by atoms with E-state index in [2.05, 4.69) is 10.2 Å². The fourth-order valence-corrected chi connectivity index (χ4v) is 1.04. The molecule has 0 radical (unpaired) electrons. The Morgan fingerprint density at radius 2 is 2.27 bits per heavy atom. The van der Waals surface area contributed by atoms with Crippen molar-refractivity contribution in [1.29, 1.82) is 0 Å². The number of hydroxylamine groups is 2. The number of amides is 2. The summed E-state index contributed by atoms with van der Waals surface area (Å²) < 4.78 is 12.8. The van der Waals surface area contributed by atoms with Crippen molar-refractivity contribution < 1.29 is 14.0 Å². The molecule has 0 fully saturated rings. The summed E-state index contributed by atoms with van der Waals surface area (Å²) in [7, 11) is 2.80. The fourth-order valence-electron chi connectivity index (χ4n) is 0.859. The summed E-state index contributed by atoms with van der Waals surface area (Å²) in [6, 6.07) is 3.42. The number of anilines is 1. The molecule has 6 heteroatoms. The lowest BCUT2D eigenvalue weighted by molar-refractivity contribution is -0.0598. The molecule has 0 heterocycles. The number of carbonyl (C=O) groups is 1. The Labute approximate surface area is 91.5 Å². The first-order valence-electron chi connectivity index (χ1n) is 4.08. The minimum absolute atomic E-state index is 0.0483. The molecule has 1 rings (SSSR count). The first kappa shape index (κ1) is 11.7. The Hall–Kier alpha value is -1.33.